The average Bonchev–Trinajstić information content (AvgIpc) is 2.81. The molecule has 1 heterocycles. The smallest absolute Gasteiger partial charge is 0.107 e. The third-order valence-electron chi connectivity index (χ3n) is 2.77. The molecule has 0 aliphatic carbocycles. The number of nitrogens with zero attached hydrogens (tertiary/aromatic N) is 1. The maximum atomic E-state index is 4.26. The van der Waals surface area contributed by atoms with Gasteiger partial charge < -0.3 is 10.3 Å². The minimum Gasteiger partial charge on any atom is -0.349 e. The minimum atomic E-state index is 0.399. The predicted octanol–water partition coefficient (Wildman–Crippen LogP) is 2.55. The molecule has 17 heavy (non-hydrogen) atoms. The lowest BCUT2D eigenvalue weighted by molar-refractivity contribution is 0.545. The second-order valence-corrected chi connectivity index (χ2v) is 4.98. The number of aromatic nitrogens is 2. The molecule has 0 saturated heterocycles. The summed E-state index contributed by atoms with van der Waals surface area (Å²) in [7, 11) is 1.99. The van der Waals surface area contributed by atoms with E-state index in [4.69, 9.17) is 0 Å². The van der Waals surface area contributed by atoms with Gasteiger partial charge in [-0.05, 0) is 31.2 Å². The van der Waals surface area contributed by atoms with Gasteiger partial charge in [-0.2, -0.15) is 0 Å². The summed E-state index contributed by atoms with van der Waals surface area (Å²) in [6.07, 6.45) is 5.56. The van der Waals surface area contributed by atoms with Gasteiger partial charge in [0.15, 0.2) is 0 Å². The summed E-state index contributed by atoms with van der Waals surface area (Å²) in [5.41, 5.74) is 1.32. The van der Waals surface area contributed by atoms with E-state index in [0.29, 0.717) is 6.04 Å². The van der Waals surface area contributed by atoms with Crippen LogP contribution in [0.3, 0.4) is 0 Å². The van der Waals surface area contributed by atoms with Crippen LogP contribution in [-0.4, -0.2) is 23.1 Å². The van der Waals surface area contributed by atoms with Crippen LogP contribution in [0, 0.1) is 0 Å². The summed E-state index contributed by atoms with van der Waals surface area (Å²) < 4.78 is 1.13. The Balaban J connectivity index is 2.00. The van der Waals surface area contributed by atoms with Crippen molar-refractivity contribution in [3.05, 3.63) is 52.5 Å². The lowest BCUT2D eigenvalue weighted by Gasteiger charge is -2.15. The third-order valence-corrected chi connectivity index (χ3v) is 3.27. The maximum Gasteiger partial charge on any atom is 0.107 e. The van der Waals surface area contributed by atoms with Gasteiger partial charge in [0.1, 0.15) is 5.82 Å². The number of hydrogen-bond acceptors (Lipinski definition) is 2. The first kappa shape index (κ1) is 12.3. The van der Waals surface area contributed by atoms with Crippen molar-refractivity contribution in [3.8, 4) is 0 Å². The number of hydrogen-bond donors (Lipinski definition) is 2. The van der Waals surface area contributed by atoms with Crippen LogP contribution in [0.4, 0.5) is 0 Å². The van der Waals surface area contributed by atoms with Gasteiger partial charge in [0, 0.05) is 29.3 Å². The van der Waals surface area contributed by atoms with Gasteiger partial charge >= 0.3 is 0 Å². The van der Waals surface area contributed by atoms with Crippen LogP contribution in [0.5, 0.6) is 0 Å². The highest BCUT2D eigenvalue weighted by Crippen LogP contribution is 2.14. The Bertz CT molecular complexity index is 453. The molecule has 1 atom stereocenters. The van der Waals surface area contributed by atoms with Gasteiger partial charge in [0.2, 0.25) is 0 Å². The molecule has 0 amide bonds. The highest BCUT2D eigenvalue weighted by Gasteiger charge is 2.09. The van der Waals surface area contributed by atoms with Crippen LogP contribution in [0.2, 0.25) is 0 Å². The third kappa shape index (κ3) is 3.68. The molecule has 0 radical (unpaired) electrons. The highest BCUT2D eigenvalue weighted by molar-refractivity contribution is 9.10. The number of likely N-dealkylation sites (N-methyl/N-ethyl adjacent to an activating group) is 1. The molecule has 4 heteroatoms. The van der Waals surface area contributed by atoms with E-state index in [1.165, 1.54) is 5.56 Å². The second kappa shape index (κ2) is 5.98. The molecule has 1 aromatic heterocycles. The Kier molecular flexibility index (Phi) is 4.34. The number of halogens is 1. The maximum absolute atomic E-state index is 4.26. The number of imidazole rings is 1. The van der Waals surface area contributed by atoms with E-state index in [0.717, 1.165) is 23.1 Å². The molecule has 0 spiro atoms. The summed E-state index contributed by atoms with van der Waals surface area (Å²) in [5, 5.41) is 3.33. The summed E-state index contributed by atoms with van der Waals surface area (Å²) in [6, 6.07) is 8.82. The molecule has 0 fully saturated rings. The van der Waals surface area contributed by atoms with E-state index in [9.17, 15) is 0 Å². The van der Waals surface area contributed by atoms with Gasteiger partial charge in [0.05, 0.1) is 0 Å². The fourth-order valence-corrected chi connectivity index (χ4v) is 2.31. The summed E-state index contributed by atoms with van der Waals surface area (Å²) in [4.78, 5) is 7.40. The Morgan fingerprint density at radius 3 is 2.94 bits per heavy atom. The lowest BCUT2D eigenvalue weighted by Crippen LogP contribution is -2.30. The zero-order chi connectivity index (χ0) is 12.1. The predicted molar refractivity (Wildman–Crippen MR) is 73.0 cm³/mol. The van der Waals surface area contributed by atoms with Crippen molar-refractivity contribution in [2.24, 2.45) is 0 Å². The number of benzene rings is 1. The van der Waals surface area contributed by atoms with Crippen LogP contribution in [-0.2, 0) is 12.8 Å². The SMILES string of the molecule is CNC(Cc1cccc(Br)c1)Cc1ncc[nH]1. The Morgan fingerprint density at radius 1 is 1.41 bits per heavy atom. The van der Waals surface area contributed by atoms with Crippen LogP contribution in [0.25, 0.3) is 0 Å². The molecule has 3 nitrogen and oxygen atoms in total. The molecular weight excluding hydrogens is 278 g/mol. The van der Waals surface area contributed by atoms with Gasteiger partial charge in [-0.25, -0.2) is 4.98 Å². The molecule has 2 N–H and O–H groups in total. The minimum absolute atomic E-state index is 0.399. The van der Waals surface area contributed by atoms with Gasteiger partial charge in [-0.15, -0.1) is 0 Å². The molecular formula is C13H16BrN3. The number of aromatic amines is 1. The van der Waals surface area contributed by atoms with Crippen LogP contribution >= 0.6 is 15.9 Å². The quantitative estimate of drug-likeness (QED) is 0.889. The van der Waals surface area contributed by atoms with Crippen molar-refractivity contribution in [2.75, 3.05) is 7.05 Å². The first-order chi connectivity index (χ1) is 8.28. The molecule has 2 rings (SSSR count). The van der Waals surface area contributed by atoms with E-state index >= 15 is 0 Å². The van der Waals surface area contributed by atoms with Crippen molar-refractivity contribution in [1.82, 2.24) is 15.3 Å². The monoisotopic (exact) mass is 293 g/mol. The molecule has 1 unspecified atom stereocenters. The van der Waals surface area contributed by atoms with Crippen molar-refractivity contribution in [1.29, 1.82) is 0 Å². The topological polar surface area (TPSA) is 40.7 Å². The Morgan fingerprint density at radius 2 is 2.29 bits per heavy atom. The molecule has 0 saturated carbocycles. The first-order valence-corrected chi connectivity index (χ1v) is 6.47. The fraction of sp³-hybridized carbons (Fsp3) is 0.308. The second-order valence-electron chi connectivity index (χ2n) is 4.06. The van der Waals surface area contributed by atoms with Crippen molar-refractivity contribution in [3.63, 3.8) is 0 Å². The first-order valence-electron chi connectivity index (χ1n) is 5.68. The van der Waals surface area contributed by atoms with E-state index in [-0.39, 0.29) is 0 Å². The molecule has 0 bridgehead atoms. The van der Waals surface area contributed by atoms with Gasteiger partial charge in [0.25, 0.3) is 0 Å². The highest BCUT2D eigenvalue weighted by atomic mass is 79.9. The molecule has 90 valence electrons. The zero-order valence-electron chi connectivity index (χ0n) is 9.78. The van der Waals surface area contributed by atoms with Crippen LogP contribution in [0.15, 0.2) is 41.1 Å². The summed E-state index contributed by atoms with van der Waals surface area (Å²) in [6.45, 7) is 0. The van der Waals surface area contributed by atoms with Crippen molar-refractivity contribution in [2.45, 2.75) is 18.9 Å². The Hall–Kier alpha value is -1.13. The van der Waals surface area contributed by atoms with Crippen LogP contribution in [0.1, 0.15) is 11.4 Å². The molecule has 0 aliphatic rings. The lowest BCUT2D eigenvalue weighted by atomic mass is 10.0. The zero-order valence-corrected chi connectivity index (χ0v) is 11.4. The molecule has 0 aliphatic heterocycles. The number of H-pyrrole nitrogens is 1. The number of nitrogens with one attached hydrogen (secondary N) is 2. The van der Waals surface area contributed by atoms with Gasteiger partial charge in [-0.1, -0.05) is 28.1 Å². The van der Waals surface area contributed by atoms with E-state index in [1.54, 1.807) is 6.20 Å². The number of rotatable bonds is 5. The van der Waals surface area contributed by atoms with Crippen molar-refractivity contribution < 1.29 is 0 Å². The normalized spacial score (nSPS) is 12.6. The Labute approximate surface area is 110 Å². The molecule has 2 aromatic rings. The standard InChI is InChI=1S/C13H16BrN3/c1-15-12(9-13-16-5-6-17-13)8-10-3-2-4-11(14)7-10/h2-7,12,15H,8-9H2,1H3,(H,16,17). The van der Waals surface area contributed by atoms with E-state index < -0.39 is 0 Å². The van der Waals surface area contributed by atoms with Crippen molar-refractivity contribution >= 4 is 15.9 Å². The van der Waals surface area contributed by atoms with Gasteiger partial charge in [-0.3, -0.25) is 0 Å². The van der Waals surface area contributed by atoms with E-state index in [2.05, 4.69) is 49.4 Å². The summed E-state index contributed by atoms with van der Waals surface area (Å²) >= 11 is 3.50. The fourth-order valence-electron chi connectivity index (χ4n) is 1.87. The van der Waals surface area contributed by atoms with E-state index in [1.807, 2.05) is 19.3 Å². The van der Waals surface area contributed by atoms with Crippen LogP contribution < -0.4 is 5.32 Å². The largest absolute Gasteiger partial charge is 0.349 e. The average molecular weight is 294 g/mol. The summed E-state index contributed by atoms with van der Waals surface area (Å²) in [5.74, 6) is 1.03. The molecule has 1 aromatic carbocycles.